The number of hydrogen-bond donors (Lipinski definition) is 0. The number of carbonyl (C=O) groups is 3. The lowest BCUT2D eigenvalue weighted by Gasteiger charge is -2.29. The van der Waals surface area contributed by atoms with E-state index in [1.165, 1.54) is 11.9 Å². The quantitative estimate of drug-likeness (QED) is 0.778. The van der Waals surface area contributed by atoms with Crippen molar-refractivity contribution in [1.29, 1.82) is 0 Å². The zero-order valence-electron chi connectivity index (χ0n) is 12.0. The number of ketones is 2. The Bertz CT molecular complexity index is 665. The van der Waals surface area contributed by atoms with Crippen molar-refractivity contribution in [3.8, 4) is 0 Å². The molecular formula is C15H15BrN2O3. The molecule has 0 bridgehead atoms. The summed E-state index contributed by atoms with van der Waals surface area (Å²) in [4.78, 5) is 40.0. The molecule has 0 aromatic heterocycles. The van der Waals surface area contributed by atoms with Crippen LogP contribution in [0, 0.1) is 0 Å². The maximum absolute atomic E-state index is 12.7. The van der Waals surface area contributed by atoms with Crippen LogP contribution < -0.4 is 0 Å². The fourth-order valence-corrected chi connectivity index (χ4v) is 2.67. The Kier molecular flexibility index (Phi) is 4.27. The van der Waals surface area contributed by atoms with Crippen molar-refractivity contribution in [3.05, 3.63) is 46.8 Å². The van der Waals surface area contributed by atoms with Gasteiger partial charge in [-0.05, 0) is 0 Å². The minimum Gasteiger partial charge on any atom is -0.373 e. The van der Waals surface area contributed by atoms with Gasteiger partial charge < -0.3 is 9.80 Å². The van der Waals surface area contributed by atoms with E-state index in [1.807, 2.05) is 0 Å². The largest absolute Gasteiger partial charge is 0.373 e. The number of halogens is 1. The Labute approximate surface area is 131 Å². The number of amides is 1. The molecule has 0 N–H and O–H groups in total. The van der Waals surface area contributed by atoms with Crippen LogP contribution in [0.4, 0.5) is 0 Å². The fourth-order valence-electron chi connectivity index (χ4n) is 2.29. The van der Waals surface area contributed by atoms with Crippen molar-refractivity contribution in [1.82, 2.24) is 9.80 Å². The van der Waals surface area contributed by atoms with E-state index in [2.05, 4.69) is 15.9 Å². The van der Waals surface area contributed by atoms with Crippen LogP contribution in [0.5, 0.6) is 0 Å². The minimum absolute atomic E-state index is 0.0802. The molecule has 0 saturated heterocycles. The molecule has 110 valence electrons. The van der Waals surface area contributed by atoms with Gasteiger partial charge in [0.2, 0.25) is 17.5 Å². The minimum atomic E-state index is -0.314. The molecule has 2 rings (SSSR count). The first-order valence-electron chi connectivity index (χ1n) is 6.32. The van der Waals surface area contributed by atoms with Crippen LogP contribution in [0.3, 0.4) is 0 Å². The number of rotatable bonds is 3. The maximum atomic E-state index is 12.7. The van der Waals surface area contributed by atoms with E-state index in [0.717, 1.165) is 0 Å². The molecule has 0 heterocycles. The van der Waals surface area contributed by atoms with Crippen LogP contribution in [-0.4, -0.2) is 53.7 Å². The van der Waals surface area contributed by atoms with Crippen molar-refractivity contribution in [2.24, 2.45) is 0 Å². The van der Waals surface area contributed by atoms with Crippen molar-refractivity contribution in [2.75, 3.05) is 26.5 Å². The van der Waals surface area contributed by atoms with E-state index in [4.69, 9.17) is 0 Å². The highest BCUT2D eigenvalue weighted by Gasteiger charge is 2.36. The second-order valence-corrected chi connectivity index (χ2v) is 5.44. The topological polar surface area (TPSA) is 57.7 Å². The summed E-state index contributed by atoms with van der Waals surface area (Å²) in [5.74, 6) is -0.852. The van der Waals surface area contributed by atoms with Gasteiger partial charge in [0, 0.05) is 32.3 Å². The summed E-state index contributed by atoms with van der Waals surface area (Å²) >= 11 is 3.08. The molecule has 0 spiro atoms. The van der Waals surface area contributed by atoms with Gasteiger partial charge >= 0.3 is 0 Å². The maximum Gasteiger partial charge on any atom is 0.237 e. The van der Waals surface area contributed by atoms with Crippen LogP contribution in [0.1, 0.15) is 20.7 Å². The highest BCUT2D eigenvalue weighted by Crippen LogP contribution is 2.29. The van der Waals surface area contributed by atoms with Crippen LogP contribution >= 0.6 is 15.9 Å². The van der Waals surface area contributed by atoms with E-state index >= 15 is 0 Å². The molecule has 1 aromatic rings. The number of carbonyl (C=O) groups excluding carboxylic acids is 3. The smallest absolute Gasteiger partial charge is 0.237 e. The van der Waals surface area contributed by atoms with Crippen LogP contribution in [0.25, 0.3) is 0 Å². The average Bonchev–Trinajstić information content (AvgIpc) is 2.48. The third-order valence-corrected chi connectivity index (χ3v) is 3.82. The van der Waals surface area contributed by atoms with E-state index in [1.54, 1.807) is 43.3 Å². The molecule has 0 unspecified atom stereocenters. The van der Waals surface area contributed by atoms with Gasteiger partial charge in [-0.2, -0.15) is 0 Å². The Morgan fingerprint density at radius 3 is 1.90 bits per heavy atom. The third kappa shape index (κ3) is 2.51. The summed E-state index contributed by atoms with van der Waals surface area (Å²) in [7, 11) is 4.86. The van der Waals surface area contributed by atoms with Gasteiger partial charge in [0.15, 0.2) is 0 Å². The number of Topliss-reactive ketones (excluding diaryl/α,β-unsaturated/α-hetero) is 2. The van der Waals surface area contributed by atoms with Gasteiger partial charge in [-0.3, -0.25) is 14.4 Å². The van der Waals surface area contributed by atoms with Crippen molar-refractivity contribution >= 4 is 33.4 Å². The molecular weight excluding hydrogens is 336 g/mol. The normalized spacial score (nSPS) is 14.1. The predicted octanol–water partition coefficient (Wildman–Crippen LogP) is 1.69. The summed E-state index contributed by atoms with van der Waals surface area (Å²) in [6, 6.07) is 6.65. The Hall–Kier alpha value is -1.95. The summed E-state index contributed by atoms with van der Waals surface area (Å²) < 4.78 is 0. The van der Waals surface area contributed by atoms with Crippen LogP contribution in [0.15, 0.2) is 35.7 Å². The SMILES string of the molecule is CN(C)C1=C(N(C)C(=O)CBr)C(=O)c2ccccc2C1=O. The van der Waals surface area contributed by atoms with Crippen molar-refractivity contribution in [2.45, 2.75) is 0 Å². The molecule has 1 amide bonds. The number of nitrogens with zero attached hydrogens (tertiary/aromatic N) is 2. The van der Waals surface area contributed by atoms with Gasteiger partial charge in [0.1, 0.15) is 11.4 Å². The van der Waals surface area contributed by atoms with Gasteiger partial charge in [0.05, 0.1) is 5.33 Å². The molecule has 1 aliphatic carbocycles. The summed E-state index contributed by atoms with van der Waals surface area (Å²) in [6.07, 6.45) is 0. The zero-order valence-corrected chi connectivity index (χ0v) is 13.6. The lowest BCUT2D eigenvalue weighted by Crippen LogP contribution is -2.39. The second-order valence-electron chi connectivity index (χ2n) is 4.88. The lowest BCUT2D eigenvalue weighted by molar-refractivity contribution is -0.125. The number of hydrogen-bond acceptors (Lipinski definition) is 4. The first-order chi connectivity index (χ1) is 9.90. The molecule has 0 fully saturated rings. The number of alkyl halides is 1. The summed E-state index contributed by atoms with van der Waals surface area (Å²) in [6.45, 7) is 0. The van der Waals surface area contributed by atoms with Gasteiger partial charge in [-0.25, -0.2) is 0 Å². The monoisotopic (exact) mass is 350 g/mol. The Balaban J connectivity index is 2.68. The van der Waals surface area contributed by atoms with Gasteiger partial charge in [-0.15, -0.1) is 0 Å². The standard InChI is InChI=1S/C15H15BrN2O3/c1-17(2)12-13(18(3)11(19)8-16)15(21)10-7-5-4-6-9(10)14(12)20/h4-7H,8H2,1-3H3. The van der Waals surface area contributed by atoms with E-state index < -0.39 is 0 Å². The fraction of sp³-hybridized carbons (Fsp3) is 0.267. The number of benzene rings is 1. The average molecular weight is 351 g/mol. The van der Waals surface area contributed by atoms with E-state index in [-0.39, 0.29) is 34.2 Å². The molecule has 1 aromatic carbocycles. The molecule has 0 atom stereocenters. The lowest BCUT2D eigenvalue weighted by atomic mass is 9.89. The highest BCUT2D eigenvalue weighted by atomic mass is 79.9. The molecule has 21 heavy (non-hydrogen) atoms. The molecule has 0 radical (unpaired) electrons. The Morgan fingerprint density at radius 2 is 1.48 bits per heavy atom. The highest BCUT2D eigenvalue weighted by molar-refractivity contribution is 9.09. The third-order valence-electron chi connectivity index (χ3n) is 3.34. The predicted molar refractivity (Wildman–Crippen MR) is 82.4 cm³/mol. The van der Waals surface area contributed by atoms with E-state index in [0.29, 0.717) is 11.1 Å². The second kappa shape index (κ2) is 5.81. The number of allylic oxidation sites excluding steroid dienone is 2. The van der Waals surface area contributed by atoms with Crippen LogP contribution in [-0.2, 0) is 4.79 Å². The Morgan fingerprint density at radius 1 is 1.00 bits per heavy atom. The number of fused-ring (bicyclic) bond motifs is 1. The number of likely N-dealkylation sites (N-methyl/N-ethyl adjacent to an activating group) is 2. The molecule has 1 aliphatic rings. The zero-order chi connectivity index (χ0) is 15.7. The first-order valence-corrected chi connectivity index (χ1v) is 7.44. The van der Waals surface area contributed by atoms with Crippen molar-refractivity contribution < 1.29 is 14.4 Å². The molecule has 0 aliphatic heterocycles. The molecule has 6 heteroatoms. The molecule has 5 nitrogen and oxygen atoms in total. The first kappa shape index (κ1) is 15.4. The van der Waals surface area contributed by atoms with E-state index in [9.17, 15) is 14.4 Å². The van der Waals surface area contributed by atoms with Gasteiger partial charge in [-0.1, -0.05) is 40.2 Å². The van der Waals surface area contributed by atoms with Gasteiger partial charge in [0.25, 0.3) is 0 Å². The molecule has 0 saturated carbocycles. The summed E-state index contributed by atoms with van der Waals surface area (Å²) in [5.41, 5.74) is 1.05. The summed E-state index contributed by atoms with van der Waals surface area (Å²) in [5, 5.41) is 0.0802. The van der Waals surface area contributed by atoms with Crippen LogP contribution in [0.2, 0.25) is 0 Å². The van der Waals surface area contributed by atoms with Crippen molar-refractivity contribution in [3.63, 3.8) is 0 Å².